The average Bonchev–Trinajstić information content (AvgIpc) is 2.80. The van der Waals surface area contributed by atoms with E-state index in [0.29, 0.717) is 5.56 Å². The lowest BCUT2D eigenvalue weighted by Crippen LogP contribution is -2.33. The predicted molar refractivity (Wildman–Crippen MR) is 85.8 cm³/mol. The van der Waals surface area contributed by atoms with Gasteiger partial charge in [0.1, 0.15) is 0 Å². The molecule has 110 valence electrons. The molecular formula is C18H17N3O. The minimum atomic E-state index is 0.0943. The van der Waals surface area contributed by atoms with Crippen LogP contribution in [-0.4, -0.2) is 33.9 Å². The van der Waals surface area contributed by atoms with Gasteiger partial charge in [0.2, 0.25) is 0 Å². The SMILES string of the molecule is O=C(c1ccncc1)N1CCc2[nH]c3ccccc3c2CC1. The van der Waals surface area contributed by atoms with Gasteiger partial charge in [-0.1, -0.05) is 18.2 Å². The van der Waals surface area contributed by atoms with Crippen molar-refractivity contribution in [1.82, 2.24) is 14.9 Å². The van der Waals surface area contributed by atoms with E-state index >= 15 is 0 Å². The molecular weight excluding hydrogens is 274 g/mol. The molecule has 2 aromatic heterocycles. The van der Waals surface area contributed by atoms with Crippen LogP contribution in [0.15, 0.2) is 48.8 Å². The summed E-state index contributed by atoms with van der Waals surface area (Å²) in [5.41, 5.74) is 4.54. The maximum atomic E-state index is 12.6. The highest BCUT2D eigenvalue weighted by molar-refractivity contribution is 5.94. The second-order valence-electron chi connectivity index (χ2n) is 5.66. The number of carbonyl (C=O) groups excluding carboxylic acids is 1. The lowest BCUT2D eigenvalue weighted by Gasteiger charge is -2.20. The lowest BCUT2D eigenvalue weighted by atomic mass is 10.1. The number of H-pyrrole nitrogens is 1. The van der Waals surface area contributed by atoms with Crippen LogP contribution in [0.2, 0.25) is 0 Å². The summed E-state index contributed by atoms with van der Waals surface area (Å²) in [5, 5.41) is 1.29. The number of rotatable bonds is 1. The molecule has 3 aromatic rings. The summed E-state index contributed by atoms with van der Waals surface area (Å²) in [5.74, 6) is 0.0943. The van der Waals surface area contributed by atoms with Crippen LogP contribution in [0.25, 0.3) is 10.9 Å². The maximum absolute atomic E-state index is 12.6. The van der Waals surface area contributed by atoms with Crippen LogP contribution < -0.4 is 0 Å². The summed E-state index contributed by atoms with van der Waals surface area (Å²) in [6, 6.07) is 12.0. The number of carbonyl (C=O) groups is 1. The molecule has 1 aliphatic rings. The van der Waals surface area contributed by atoms with Gasteiger partial charge >= 0.3 is 0 Å². The Morgan fingerprint density at radius 2 is 1.82 bits per heavy atom. The molecule has 3 heterocycles. The molecule has 22 heavy (non-hydrogen) atoms. The molecule has 0 bridgehead atoms. The Morgan fingerprint density at radius 1 is 1.05 bits per heavy atom. The van der Waals surface area contributed by atoms with Gasteiger partial charge < -0.3 is 9.88 Å². The van der Waals surface area contributed by atoms with Crippen molar-refractivity contribution >= 4 is 16.8 Å². The molecule has 0 saturated heterocycles. The summed E-state index contributed by atoms with van der Waals surface area (Å²) >= 11 is 0. The molecule has 4 rings (SSSR count). The Hall–Kier alpha value is -2.62. The van der Waals surface area contributed by atoms with Gasteiger partial charge in [-0.25, -0.2) is 0 Å². The van der Waals surface area contributed by atoms with E-state index in [-0.39, 0.29) is 5.91 Å². The van der Waals surface area contributed by atoms with Gasteiger partial charge in [0.15, 0.2) is 0 Å². The normalized spacial score (nSPS) is 14.6. The molecule has 1 aliphatic heterocycles. The molecule has 0 aliphatic carbocycles. The quantitative estimate of drug-likeness (QED) is 0.749. The number of aromatic nitrogens is 2. The van der Waals surface area contributed by atoms with E-state index in [1.807, 2.05) is 4.90 Å². The molecule has 1 aromatic carbocycles. The highest BCUT2D eigenvalue weighted by Gasteiger charge is 2.21. The van der Waals surface area contributed by atoms with Crippen LogP contribution >= 0.6 is 0 Å². The van der Waals surface area contributed by atoms with Gasteiger partial charge in [-0.05, 0) is 30.2 Å². The smallest absolute Gasteiger partial charge is 0.253 e. The summed E-state index contributed by atoms with van der Waals surface area (Å²) in [7, 11) is 0. The summed E-state index contributed by atoms with van der Waals surface area (Å²) < 4.78 is 0. The molecule has 4 nitrogen and oxygen atoms in total. The van der Waals surface area contributed by atoms with Crippen LogP contribution in [0.4, 0.5) is 0 Å². The van der Waals surface area contributed by atoms with Crippen molar-refractivity contribution in [2.45, 2.75) is 12.8 Å². The lowest BCUT2D eigenvalue weighted by molar-refractivity contribution is 0.0763. The van der Waals surface area contributed by atoms with Gasteiger partial charge in [-0.15, -0.1) is 0 Å². The van der Waals surface area contributed by atoms with E-state index < -0.39 is 0 Å². The zero-order valence-electron chi connectivity index (χ0n) is 12.2. The standard InChI is InChI=1S/C18H17N3O/c22-18(13-5-9-19-10-6-13)21-11-7-15-14-3-1-2-4-16(14)20-17(15)8-12-21/h1-6,9-10,20H,7-8,11-12H2. The maximum Gasteiger partial charge on any atom is 0.253 e. The van der Waals surface area contributed by atoms with Gasteiger partial charge in [-0.3, -0.25) is 9.78 Å². The number of fused-ring (bicyclic) bond motifs is 3. The third-order valence-corrected chi connectivity index (χ3v) is 4.38. The van der Waals surface area contributed by atoms with E-state index in [0.717, 1.165) is 25.9 Å². The van der Waals surface area contributed by atoms with Crippen LogP contribution in [0.5, 0.6) is 0 Å². The fourth-order valence-electron chi connectivity index (χ4n) is 3.24. The van der Waals surface area contributed by atoms with Gasteiger partial charge in [0, 0.05) is 54.1 Å². The Morgan fingerprint density at radius 3 is 2.68 bits per heavy atom. The number of hydrogen-bond donors (Lipinski definition) is 1. The summed E-state index contributed by atoms with van der Waals surface area (Å²) in [6.45, 7) is 1.51. The van der Waals surface area contributed by atoms with E-state index in [9.17, 15) is 4.79 Å². The second-order valence-corrected chi connectivity index (χ2v) is 5.66. The fraction of sp³-hybridized carbons (Fsp3) is 0.222. The van der Waals surface area contributed by atoms with Crippen molar-refractivity contribution in [1.29, 1.82) is 0 Å². The molecule has 1 N–H and O–H groups in total. The zero-order chi connectivity index (χ0) is 14.9. The van der Waals surface area contributed by atoms with E-state index in [4.69, 9.17) is 0 Å². The number of nitrogens with one attached hydrogen (secondary N) is 1. The van der Waals surface area contributed by atoms with Gasteiger partial charge in [0.05, 0.1) is 0 Å². The minimum Gasteiger partial charge on any atom is -0.358 e. The van der Waals surface area contributed by atoms with E-state index in [2.05, 4.69) is 34.2 Å². The van der Waals surface area contributed by atoms with Crippen LogP contribution in [-0.2, 0) is 12.8 Å². The first-order valence-corrected chi connectivity index (χ1v) is 7.61. The van der Waals surface area contributed by atoms with Crippen LogP contribution in [0.1, 0.15) is 21.6 Å². The number of nitrogens with zero attached hydrogens (tertiary/aromatic N) is 2. The first kappa shape index (κ1) is 13.1. The average molecular weight is 291 g/mol. The predicted octanol–water partition coefficient (Wildman–Crippen LogP) is 2.80. The fourth-order valence-corrected chi connectivity index (χ4v) is 3.24. The molecule has 0 saturated carbocycles. The van der Waals surface area contributed by atoms with Crippen LogP contribution in [0, 0.1) is 0 Å². The third kappa shape index (κ3) is 2.17. The topological polar surface area (TPSA) is 49.0 Å². The van der Waals surface area contributed by atoms with E-state index in [1.165, 1.54) is 22.2 Å². The Balaban J connectivity index is 1.60. The monoisotopic (exact) mass is 291 g/mol. The molecule has 0 unspecified atom stereocenters. The van der Waals surface area contributed by atoms with Crippen molar-refractivity contribution < 1.29 is 4.79 Å². The van der Waals surface area contributed by atoms with Crippen molar-refractivity contribution in [3.8, 4) is 0 Å². The van der Waals surface area contributed by atoms with Crippen molar-refractivity contribution in [2.24, 2.45) is 0 Å². The number of benzene rings is 1. The van der Waals surface area contributed by atoms with Gasteiger partial charge in [-0.2, -0.15) is 0 Å². The second kappa shape index (κ2) is 5.30. The molecule has 0 fully saturated rings. The molecule has 0 atom stereocenters. The Labute approximate surface area is 128 Å². The number of hydrogen-bond acceptors (Lipinski definition) is 2. The first-order valence-electron chi connectivity index (χ1n) is 7.61. The number of pyridine rings is 1. The summed E-state index contributed by atoms with van der Waals surface area (Å²) in [6.07, 6.45) is 5.11. The molecule has 0 radical (unpaired) electrons. The highest BCUT2D eigenvalue weighted by Crippen LogP contribution is 2.26. The molecule has 0 spiro atoms. The van der Waals surface area contributed by atoms with E-state index in [1.54, 1.807) is 24.5 Å². The minimum absolute atomic E-state index is 0.0943. The van der Waals surface area contributed by atoms with Gasteiger partial charge in [0.25, 0.3) is 5.91 Å². The van der Waals surface area contributed by atoms with Crippen molar-refractivity contribution in [3.05, 3.63) is 65.6 Å². The number of aromatic amines is 1. The Bertz CT molecular complexity index is 823. The van der Waals surface area contributed by atoms with Crippen LogP contribution in [0.3, 0.4) is 0 Å². The van der Waals surface area contributed by atoms with Crippen molar-refractivity contribution in [2.75, 3.05) is 13.1 Å². The largest absolute Gasteiger partial charge is 0.358 e. The third-order valence-electron chi connectivity index (χ3n) is 4.38. The zero-order valence-corrected chi connectivity index (χ0v) is 12.2. The molecule has 1 amide bonds. The number of amides is 1. The van der Waals surface area contributed by atoms with Crippen molar-refractivity contribution in [3.63, 3.8) is 0 Å². The number of para-hydroxylation sites is 1. The highest BCUT2D eigenvalue weighted by atomic mass is 16.2. The Kier molecular flexibility index (Phi) is 3.15. The first-order chi connectivity index (χ1) is 10.8. The summed E-state index contributed by atoms with van der Waals surface area (Å²) in [4.78, 5) is 22.0. The molecule has 4 heteroatoms.